The molecule has 1 fully saturated rings. The number of rotatable bonds is 7. The van der Waals surface area contributed by atoms with Crippen molar-refractivity contribution in [2.45, 2.75) is 58.5 Å². The zero-order valence-corrected chi connectivity index (χ0v) is 12.0. The van der Waals surface area contributed by atoms with Gasteiger partial charge in [0.1, 0.15) is 0 Å². The Bertz CT molecular complexity index is 184. The molecule has 1 heterocycles. The molecular weight excluding hydrogens is 210 g/mol. The van der Waals surface area contributed by atoms with E-state index >= 15 is 0 Å². The molecular formula is C14H31N3. The van der Waals surface area contributed by atoms with Gasteiger partial charge in [-0.15, -0.1) is 0 Å². The maximum Gasteiger partial charge on any atom is 0.0219 e. The summed E-state index contributed by atoms with van der Waals surface area (Å²) in [5.74, 6) is 0. The van der Waals surface area contributed by atoms with Crippen molar-refractivity contribution in [3.05, 3.63) is 0 Å². The lowest BCUT2D eigenvalue weighted by molar-refractivity contribution is 0.0654. The second-order valence-electron chi connectivity index (χ2n) is 5.22. The van der Waals surface area contributed by atoms with E-state index in [1.165, 1.54) is 51.9 Å². The lowest BCUT2D eigenvalue weighted by atomic mass is 10.1. The summed E-state index contributed by atoms with van der Waals surface area (Å²) in [5.41, 5.74) is 5.88. The molecule has 0 aromatic heterocycles. The molecule has 1 rings (SSSR count). The van der Waals surface area contributed by atoms with Crippen molar-refractivity contribution < 1.29 is 0 Å². The summed E-state index contributed by atoms with van der Waals surface area (Å²) in [6.45, 7) is 12.6. The first-order valence-electron chi connectivity index (χ1n) is 7.44. The molecule has 1 saturated heterocycles. The van der Waals surface area contributed by atoms with E-state index in [0.29, 0.717) is 6.04 Å². The minimum absolute atomic E-state index is 0.615. The first-order chi connectivity index (χ1) is 8.26. The summed E-state index contributed by atoms with van der Waals surface area (Å²) in [6, 6.07) is 1.41. The van der Waals surface area contributed by atoms with E-state index in [1.807, 2.05) is 0 Å². The highest BCUT2D eigenvalue weighted by atomic mass is 15.3. The Morgan fingerprint density at radius 2 is 1.35 bits per heavy atom. The van der Waals surface area contributed by atoms with Gasteiger partial charge in [0, 0.05) is 44.8 Å². The van der Waals surface area contributed by atoms with Crippen LogP contribution in [0, 0.1) is 0 Å². The number of nitrogens with zero attached hydrogens (tertiary/aromatic N) is 2. The highest BCUT2D eigenvalue weighted by Crippen LogP contribution is 2.15. The SMILES string of the molecule is CCCC(CN)N1CCN(C(CC)CC)CC1. The summed E-state index contributed by atoms with van der Waals surface area (Å²) in [5, 5.41) is 0. The molecule has 0 aromatic carbocycles. The molecule has 3 heteroatoms. The third-order valence-electron chi connectivity index (χ3n) is 4.22. The standard InChI is InChI=1S/C14H31N3/c1-4-7-14(12-15)17-10-8-16(9-11-17)13(5-2)6-3/h13-14H,4-12,15H2,1-3H3. The monoisotopic (exact) mass is 241 g/mol. The number of nitrogens with two attached hydrogens (primary N) is 1. The molecule has 0 bridgehead atoms. The number of hydrogen-bond acceptors (Lipinski definition) is 3. The smallest absolute Gasteiger partial charge is 0.0219 e. The molecule has 3 nitrogen and oxygen atoms in total. The Morgan fingerprint density at radius 1 is 0.882 bits per heavy atom. The van der Waals surface area contributed by atoms with Gasteiger partial charge in [0.2, 0.25) is 0 Å². The third-order valence-corrected chi connectivity index (χ3v) is 4.22. The highest BCUT2D eigenvalue weighted by molar-refractivity contribution is 4.81. The largest absolute Gasteiger partial charge is 0.329 e. The third kappa shape index (κ3) is 4.23. The fourth-order valence-electron chi connectivity index (χ4n) is 3.06. The lowest BCUT2D eigenvalue weighted by Gasteiger charge is -2.41. The van der Waals surface area contributed by atoms with Gasteiger partial charge in [-0.1, -0.05) is 27.2 Å². The van der Waals surface area contributed by atoms with Crippen LogP contribution in [0.1, 0.15) is 46.5 Å². The molecule has 1 aliphatic rings. The van der Waals surface area contributed by atoms with E-state index in [4.69, 9.17) is 5.73 Å². The van der Waals surface area contributed by atoms with Crippen LogP contribution >= 0.6 is 0 Å². The van der Waals surface area contributed by atoms with Crippen LogP contribution in [0.5, 0.6) is 0 Å². The van der Waals surface area contributed by atoms with Crippen molar-refractivity contribution in [2.75, 3.05) is 32.7 Å². The molecule has 0 spiro atoms. The van der Waals surface area contributed by atoms with Crippen molar-refractivity contribution in [2.24, 2.45) is 5.73 Å². The van der Waals surface area contributed by atoms with E-state index in [2.05, 4.69) is 30.6 Å². The molecule has 0 radical (unpaired) electrons. The topological polar surface area (TPSA) is 32.5 Å². The molecule has 1 aliphatic heterocycles. The van der Waals surface area contributed by atoms with Crippen molar-refractivity contribution in [3.63, 3.8) is 0 Å². The average Bonchev–Trinajstić information content (AvgIpc) is 2.38. The van der Waals surface area contributed by atoms with Gasteiger partial charge < -0.3 is 5.73 Å². The van der Waals surface area contributed by atoms with Crippen LogP contribution in [0.4, 0.5) is 0 Å². The first kappa shape index (κ1) is 14.9. The van der Waals surface area contributed by atoms with Crippen molar-refractivity contribution in [3.8, 4) is 0 Å². The minimum atomic E-state index is 0.615. The molecule has 1 unspecified atom stereocenters. The molecule has 0 amide bonds. The van der Waals surface area contributed by atoms with Crippen LogP contribution in [0.15, 0.2) is 0 Å². The predicted molar refractivity (Wildman–Crippen MR) is 75.3 cm³/mol. The van der Waals surface area contributed by atoms with E-state index in [-0.39, 0.29) is 0 Å². The number of piperazine rings is 1. The molecule has 17 heavy (non-hydrogen) atoms. The average molecular weight is 241 g/mol. The molecule has 0 aromatic rings. The highest BCUT2D eigenvalue weighted by Gasteiger charge is 2.25. The maximum absolute atomic E-state index is 5.88. The van der Waals surface area contributed by atoms with Crippen LogP contribution in [-0.4, -0.2) is 54.6 Å². The van der Waals surface area contributed by atoms with E-state index in [0.717, 1.165) is 12.6 Å². The summed E-state index contributed by atoms with van der Waals surface area (Å²) in [7, 11) is 0. The molecule has 2 N–H and O–H groups in total. The van der Waals surface area contributed by atoms with Gasteiger partial charge in [0.05, 0.1) is 0 Å². The van der Waals surface area contributed by atoms with Crippen LogP contribution in [0.25, 0.3) is 0 Å². The second kappa shape index (κ2) is 8.06. The Labute approximate surface area is 107 Å². The van der Waals surface area contributed by atoms with Gasteiger partial charge in [-0.3, -0.25) is 9.80 Å². The zero-order chi connectivity index (χ0) is 12.7. The van der Waals surface area contributed by atoms with E-state index in [9.17, 15) is 0 Å². The molecule has 0 aliphatic carbocycles. The molecule has 0 saturated carbocycles. The van der Waals surface area contributed by atoms with E-state index < -0.39 is 0 Å². The van der Waals surface area contributed by atoms with Gasteiger partial charge >= 0.3 is 0 Å². The van der Waals surface area contributed by atoms with Crippen LogP contribution in [0.3, 0.4) is 0 Å². The Kier molecular flexibility index (Phi) is 7.09. The normalized spacial score (nSPS) is 21.0. The van der Waals surface area contributed by atoms with Gasteiger partial charge in [-0.2, -0.15) is 0 Å². The Balaban J connectivity index is 2.38. The lowest BCUT2D eigenvalue weighted by Crippen LogP contribution is -2.54. The zero-order valence-electron chi connectivity index (χ0n) is 12.0. The van der Waals surface area contributed by atoms with Crippen LogP contribution in [0.2, 0.25) is 0 Å². The van der Waals surface area contributed by atoms with Gasteiger partial charge in [-0.05, 0) is 19.3 Å². The summed E-state index contributed by atoms with van der Waals surface area (Å²) in [6.07, 6.45) is 5.06. The van der Waals surface area contributed by atoms with Crippen molar-refractivity contribution in [1.29, 1.82) is 0 Å². The fourth-order valence-corrected chi connectivity index (χ4v) is 3.06. The minimum Gasteiger partial charge on any atom is -0.329 e. The summed E-state index contributed by atoms with van der Waals surface area (Å²) >= 11 is 0. The Hall–Kier alpha value is -0.120. The summed E-state index contributed by atoms with van der Waals surface area (Å²) in [4.78, 5) is 5.26. The van der Waals surface area contributed by atoms with E-state index in [1.54, 1.807) is 0 Å². The van der Waals surface area contributed by atoms with Crippen LogP contribution in [-0.2, 0) is 0 Å². The molecule has 1 atom stereocenters. The van der Waals surface area contributed by atoms with Gasteiger partial charge in [-0.25, -0.2) is 0 Å². The maximum atomic E-state index is 5.88. The van der Waals surface area contributed by atoms with Gasteiger partial charge in [0.25, 0.3) is 0 Å². The summed E-state index contributed by atoms with van der Waals surface area (Å²) < 4.78 is 0. The fraction of sp³-hybridized carbons (Fsp3) is 1.00. The molecule has 102 valence electrons. The van der Waals surface area contributed by atoms with Crippen molar-refractivity contribution in [1.82, 2.24) is 9.80 Å². The first-order valence-corrected chi connectivity index (χ1v) is 7.44. The quantitative estimate of drug-likeness (QED) is 0.739. The predicted octanol–water partition coefficient (Wildman–Crippen LogP) is 1.92. The second-order valence-corrected chi connectivity index (χ2v) is 5.22. The van der Waals surface area contributed by atoms with Gasteiger partial charge in [0.15, 0.2) is 0 Å². The van der Waals surface area contributed by atoms with Crippen molar-refractivity contribution >= 4 is 0 Å². The Morgan fingerprint density at radius 3 is 1.71 bits per heavy atom. The number of hydrogen-bond donors (Lipinski definition) is 1. The van der Waals surface area contributed by atoms with Crippen LogP contribution < -0.4 is 5.73 Å².